The monoisotopic (exact) mass is 831 g/mol. The topological polar surface area (TPSA) is 120 Å². The van der Waals surface area contributed by atoms with E-state index in [1.807, 2.05) is 23.1 Å². The summed E-state index contributed by atoms with van der Waals surface area (Å²) in [6.07, 6.45) is -3.73. The SMILES string of the molecule is COC(=O)N1CCC(N2CCc3ccccc3NC2=O)CC1.C[C@H](Cc1cc(C(F)(F)F)cc(C(F)(F)F)c1)C(=O)N1CCC(C2CCN(S(C)(=O)=O)CC2)CC1. The van der Waals surface area contributed by atoms with Crippen molar-refractivity contribution in [3.8, 4) is 0 Å². The molecule has 4 heterocycles. The van der Waals surface area contributed by atoms with Crippen LogP contribution in [0.4, 0.5) is 41.6 Å². The normalized spacial score (nSPS) is 20.2. The molecule has 4 aliphatic rings. The summed E-state index contributed by atoms with van der Waals surface area (Å²) in [5.41, 5.74) is -0.873. The third kappa shape index (κ3) is 11.5. The van der Waals surface area contributed by atoms with Crippen molar-refractivity contribution in [2.24, 2.45) is 17.8 Å². The van der Waals surface area contributed by atoms with Crippen LogP contribution in [0.15, 0.2) is 42.5 Å². The van der Waals surface area contributed by atoms with Gasteiger partial charge in [-0.15, -0.1) is 0 Å². The number of amides is 4. The number of hydrogen-bond acceptors (Lipinski definition) is 6. The van der Waals surface area contributed by atoms with E-state index in [1.54, 1.807) is 9.80 Å². The first kappa shape index (κ1) is 44.1. The second-order valence-corrected chi connectivity index (χ2v) is 17.4. The number of likely N-dealkylation sites (tertiary alicyclic amines) is 2. The number of benzene rings is 2. The predicted octanol–water partition coefficient (Wildman–Crippen LogP) is 7.12. The zero-order valence-corrected chi connectivity index (χ0v) is 33.2. The molecule has 11 nitrogen and oxygen atoms in total. The van der Waals surface area contributed by atoms with Crippen LogP contribution in [0.5, 0.6) is 0 Å². The van der Waals surface area contributed by atoms with Crippen molar-refractivity contribution in [1.82, 2.24) is 19.0 Å². The first-order valence-electron chi connectivity index (χ1n) is 19.2. The molecular formula is C39H51F6N5O6S. The quantitative estimate of drug-likeness (QED) is 0.310. The molecule has 0 unspecified atom stereocenters. The number of nitrogens with zero attached hydrogens (tertiary/aromatic N) is 4. The van der Waals surface area contributed by atoms with Crippen molar-refractivity contribution in [3.05, 3.63) is 64.7 Å². The van der Waals surface area contributed by atoms with Gasteiger partial charge in [-0.05, 0) is 98.6 Å². The van der Waals surface area contributed by atoms with E-state index in [0.29, 0.717) is 69.8 Å². The Balaban J connectivity index is 0.000000241. The van der Waals surface area contributed by atoms with Crippen LogP contribution in [0.1, 0.15) is 67.7 Å². The van der Waals surface area contributed by atoms with Crippen LogP contribution in [0.2, 0.25) is 0 Å². The van der Waals surface area contributed by atoms with Crippen molar-refractivity contribution in [3.63, 3.8) is 0 Å². The second-order valence-electron chi connectivity index (χ2n) is 15.4. The first-order chi connectivity index (χ1) is 26.7. The number of carbonyl (C=O) groups excluding carboxylic acids is 3. The summed E-state index contributed by atoms with van der Waals surface area (Å²) in [5, 5.41) is 3.00. The standard InChI is InChI=1S/C23H30F6N2O3S.C16H21N3O3/c1-15(11-16-12-19(22(24,25)26)14-20(13-16)23(27,28)29)21(32)30-7-3-17(4-8-30)18-5-9-31(10-6-18)35(2,33)34;1-22-16(21)18-9-7-13(8-10-18)19-11-6-12-4-2-3-5-14(12)17-15(19)20/h12-15,17-18H,3-11H2,1-2H3;2-5,13H,6-11H2,1H3,(H,17,20)/t15-;/m1./s1. The van der Waals surface area contributed by atoms with Gasteiger partial charge in [0, 0.05) is 63.5 Å². The summed E-state index contributed by atoms with van der Waals surface area (Å²) < 4.78 is 108. The van der Waals surface area contributed by atoms with Gasteiger partial charge in [-0.2, -0.15) is 26.3 Å². The number of rotatable bonds is 6. The van der Waals surface area contributed by atoms with Crippen molar-refractivity contribution in [2.45, 2.75) is 76.7 Å². The summed E-state index contributed by atoms with van der Waals surface area (Å²) >= 11 is 0. The molecule has 4 amide bonds. The predicted molar refractivity (Wildman–Crippen MR) is 201 cm³/mol. The van der Waals surface area contributed by atoms with E-state index in [-0.39, 0.29) is 42.1 Å². The van der Waals surface area contributed by atoms with Crippen molar-refractivity contribution < 1.29 is 53.9 Å². The molecule has 0 aromatic heterocycles. The van der Waals surface area contributed by atoms with Crippen LogP contribution in [0.3, 0.4) is 0 Å². The van der Waals surface area contributed by atoms with E-state index in [4.69, 9.17) is 4.74 Å². The number of sulfonamides is 1. The molecule has 4 aliphatic heterocycles. The van der Waals surface area contributed by atoms with Gasteiger partial charge < -0.3 is 24.8 Å². The van der Waals surface area contributed by atoms with Crippen LogP contribution in [-0.4, -0.2) is 111 Å². The number of anilines is 1. The zero-order valence-electron chi connectivity index (χ0n) is 32.4. The highest BCUT2D eigenvalue weighted by molar-refractivity contribution is 7.88. The molecular weight excluding hydrogens is 781 g/mol. The lowest BCUT2D eigenvalue weighted by molar-refractivity contribution is -0.143. The molecule has 0 aliphatic carbocycles. The Kier molecular flexibility index (Phi) is 14.1. The highest BCUT2D eigenvalue weighted by Crippen LogP contribution is 2.38. The molecule has 0 bridgehead atoms. The largest absolute Gasteiger partial charge is 0.453 e. The minimum atomic E-state index is -4.93. The maximum absolute atomic E-state index is 13.1. The summed E-state index contributed by atoms with van der Waals surface area (Å²) in [6, 6.07) is 9.50. The molecule has 57 heavy (non-hydrogen) atoms. The highest BCUT2D eigenvalue weighted by atomic mass is 32.2. The van der Waals surface area contributed by atoms with E-state index in [0.717, 1.165) is 50.6 Å². The fraction of sp³-hybridized carbons (Fsp3) is 0.615. The van der Waals surface area contributed by atoms with Gasteiger partial charge in [0.2, 0.25) is 15.9 Å². The number of urea groups is 1. The van der Waals surface area contributed by atoms with E-state index in [1.165, 1.54) is 30.2 Å². The number of piperidine rings is 3. The van der Waals surface area contributed by atoms with Crippen molar-refractivity contribution >= 4 is 33.7 Å². The van der Waals surface area contributed by atoms with E-state index >= 15 is 0 Å². The highest BCUT2D eigenvalue weighted by Gasteiger charge is 2.38. The molecule has 0 radical (unpaired) electrons. The lowest BCUT2D eigenvalue weighted by Crippen LogP contribution is -2.50. The molecule has 316 valence electrons. The van der Waals surface area contributed by atoms with Gasteiger partial charge in [-0.3, -0.25) is 4.79 Å². The van der Waals surface area contributed by atoms with Gasteiger partial charge in [0.1, 0.15) is 0 Å². The minimum absolute atomic E-state index is 0.0403. The molecule has 3 fully saturated rings. The Morgan fingerprint density at radius 1 is 0.807 bits per heavy atom. The molecule has 0 saturated carbocycles. The maximum Gasteiger partial charge on any atom is 0.416 e. The average molecular weight is 832 g/mol. The summed E-state index contributed by atoms with van der Waals surface area (Å²) in [7, 11) is -1.80. The third-order valence-electron chi connectivity index (χ3n) is 11.6. The molecule has 0 spiro atoms. The number of halogens is 6. The van der Waals surface area contributed by atoms with Gasteiger partial charge in [0.15, 0.2) is 0 Å². The maximum atomic E-state index is 13.1. The third-order valence-corrected chi connectivity index (χ3v) is 12.9. The zero-order chi connectivity index (χ0) is 41.7. The number of carbonyl (C=O) groups is 3. The molecule has 18 heteroatoms. The Morgan fingerprint density at radius 2 is 1.33 bits per heavy atom. The summed E-state index contributed by atoms with van der Waals surface area (Å²) in [4.78, 5) is 42.1. The molecule has 3 saturated heterocycles. The van der Waals surface area contributed by atoms with Crippen LogP contribution in [0, 0.1) is 17.8 Å². The fourth-order valence-corrected chi connectivity index (χ4v) is 9.26. The van der Waals surface area contributed by atoms with Gasteiger partial charge in [0.25, 0.3) is 0 Å². The lowest BCUT2D eigenvalue weighted by Gasteiger charge is -2.40. The summed E-state index contributed by atoms with van der Waals surface area (Å²) in [5.74, 6) is -0.335. The minimum Gasteiger partial charge on any atom is -0.453 e. The molecule has 1 atom stereocenters. The number of alkyl halides is 6. The molecule has 2 aromatic carbocycles. The number of para-hydroxylation sites is 1. The van der Waals surface area contributed by atoms with Gasteiger partial charge in [-0.1, -0.05) is 25.1 Å². The van der Waals surface area contributed by atoms with Crippen molar-refractivity contribution in [1.29, 1.82) is 0 Å². The van der Waals surface area contributed by atoms with E-state index in [2.05, 4.69) is 11.4 Å². The number of ether oxygens (including phenoxy) is 1. The molecule has 1 N–H and O–H groups in total. The Labute approximate surface area is 329 Å². The van der Waals surface area contributed by atoms with Gasteiger partial charge in [-0.25, -0.2) is 22.3 Å². The first-order valence-corrected chi connectivity index (χ1v) is 21.1. The Hall–Kier alpha value is -4.06. The average Bonchev–Trinajstić information content (AvgIpc) is 3.34. The number of nitrogens with one attached hydrogen (secondary N) is 1. The van der Waals surface area contributed by atoms with Crippen LogP contribution in [0.25, 0.3) is 0 Å². The van der Waals surface area contributed by atoms with Gasteiger partial charge in [0.05, 0.1) is 24.5 Å². The van der Waals surface area contributed by atoms with E-state index < -0.39 is 39.4 Å². The number of fused-ring (bicyclic) bond motifs is 1. The lowest BCUT2D eigenvalue weighted by atomic mass is 9.79. The van der Waals surface area contributed by atoms with Crippen LogP contribution in [-0.2, 0) is 44.7 Å². The van der Waals surface area contributed by atoms with Gasteiger partial charge >= 0.3 is 24.5 Å². The van der Waals surface area contributed by atoms with E-state index in [9.17, 15) is 49.1 Å². The van der Waals surface area contributed by atoms with Crippen LogP contribution < -0.4 is 5.32 Å². The van der Waals surface area contributed by atoms with Crippen molar-refractivity contribution in [2.75, 3.05) is 64.5 Å². The molecule has 6 rings (SSSR count). The second kappa shape index (κ2) is 18.2. The number of methoxy groups -OCH3 is 1. The van der Waals surface area contributed by atoms with Crippen LogP contribution >= 0.6 is 0 Å². The molecule has 2 aromatic rings. The smallest absolute Gasteiger partial charge is 0.416 e. The Morgan fingerprint density at radius 3 is 1.86 bits per heavy atom. The Bertz CT molecular complexity index is 1800. The number of hydrogen-bond donors (Lipinski definition) is 1. The summed E-state index contributed by atoms with van der Waals surface area (Å²) in [6.45, 7) is 5.40. The fourth-order valence-electron chi connectivity index (χ4n) is 8.39.